The predicted molar refractivity (Wildman–Crippen MR) is 120 cm³/mol. The lowest BCUT2D eigenvalue weighted by molar-refractivity contribution is -0.121. The van der Waals surface area contributed by atoms with Gasteiger partial charge in [-0.1, -0.05) is 11.6 Å². The zero-order chi connectivity index (χ0) is 22.6. The molecule has 1 atom stereocenters. The summed E-state index contributed by atoms with van der Waals surface area (Å²) in [6.07, 6.45) is 4.61. The van der Waals surface area contributed by atoms with Crippen molar-refractivity contribution in [2.24, 2.45) is 0 Å². The van der Waals surface area contributed by atoms with Gasteiger partial charge in [0.25, 0.3) is 0 Å². The van der Waals surface area contributed by atoms with Gasteiger partial charge in [0.2, 0.25) is 15.9 Å². The number of hydrogen-bond donors (Lipinski definition) is 1. The minimum Gasteiger partial charge on any atom is -0.355 e. The van der Waals surface area contributed by atoms with Gasteiger partial charge >= 0.3 is 0 Å². The number of nitrogens with zero attached hydrogens (tertiary/aromatic N) is 5. The molecule has 1 saturated heterocycles. The fraction of sp³-hybridized carbons (Fsp3) is 0.667. The Bertz CT molecular complexity index is 1000. The molecule has 1 aliphatic heterocycles. The molecule has 0 bridgehead atoms. The van der Waals surface area contributed by atoms with Crippen molar-refractivity contribution in [1.82, 2.24) is 29.5 Å². The van der Waals surface area contributed by atoms with E-state index < -0.39 is 10.0 Å². The van der Waals surface area contributed by atoms with Crippen LogP contribution in [0, 0.1) is 0 Å². The van der Waals surface area contributed by atoms with Gasteiger partial charge in [0, 0.05) is 32.2 Å². The third-order valence-corrected chi connectivity index (χ3v) is 7.69. The number of amides is 1. The largest absolute Gasteiger partial charge is 0.355 e. The molecule has 1 amide bonds. The molecule has 0 unspecified atom stereocenters. The number of fused-ring (bicyclic) bond motifs is 1. The van der Waals surface area contributed by atoms with Crippen molar-refractivity contribution in [3.05, 3.63) is 18.2 Å². The third kappa shape index (κ3) is 5.61. The number of rotatable bonds is 9. The number of carbonyl (C=O) groups is 1. The molecule has 0 spiro atoms. The van der Waals surface area contributed by atoms with E-state index in [9.17, 15) is 13.2 Å². The molecule has 1 N–H and O–H groups in total. The number of nitrogens with one attached hydrogen (secondary N) is 1. The maximum atomic E-state index is 12.9. The fourth-order valence-corrected chi connectivity index (χ4v) is 5.13. The summed E-state index contributed by atoms with van der Waals surface area (Å²) in [5.74, 6) is -0.301. The second-order valence-electron chi connectivity index (χ2n) is 8.62. The van der Waals surface area contributed by atoms with Crippen LogP contribution in [0.15, 0.2) is 23.1 Å². The molecule has 10 heteroatoms. The zero-order valence-corrected chi connectivity index (χ0v) is 19.7. The average Bonchev–Trinajstić information content (AvgIpc) is 3.16. The van der Waals surface area contributed by atoms with E-state index in [0.717, 1.165) is 29.3 Å². The van der Waals surface area contributed by atoms with Crippen molar-refractivity contribution in [3.63, 3.8) is 0 Å². The van der Waals surface area contributed by atoms with Gasteiger partial charge in [0.15, 0.2) is 0 Å². The van der Waals surface area contributed by atoms with E-state index in [1.165, 1.54) is 38.4 Å². The van der Waals surface area contributed by atoms with E-state index in [0.29, 0.717) is 18.1 Å². The van der Waals surface area contributed by atoms with Crippen molar-refractivity contribution in [3.8, 4) is 0 Å². The van der Waals surface area contributed by atoms with Gasteiger partial charge in [-0.05, 0) is 64.8 Å². The smallest absolute Gasteiger partial charge is 0.243 e. The minimum atomic E-state index is -3.80. The second kappa shape index (κ2) is 10.1. The molecule has 0 aliphatic carbocycles. The molecule has 0 radical (unpaired) electrons. The number of sulfonamides is 1. The van der Waals surface area contributed by atoms with Crippen LogP contribution in [0.2, 0.25) is 0 Å². The Balaban J connectivity index is 1.53. The van der Waals surface area contributed by atoms with Crippen LogP contribution in [0.1, 0.15) is 52.5 Å². The van der Waals surface area contributed by atoms with Crippen LogP contribution in [-0.2, 0) is 14.8 Å². The normalized spacial score (nSPS) is 18.2. The Kier molecular flexibility index (Phi) is 7.66. The summed E-state index contributed by atoms with van der Waals surface area (Å²) in [6.45, 7) is 8.60. The maximum Gasteiger partial charge on any atom is 0.243 e. The van der Waals surface area contributed by atoms with Crippen LogP contribution in [0.5, 0.6) is 0 Å². The highest BCUT2D eigenvalue weighted by atomic mass is 32.2. The van der Waals surface area contributed by atoms with E-state index in [1.807, 2.05) is 13.8 Å². The highest BCUT2D eigenvalue weighted by Gasteiger charge is 2.24. The number of hydrogen-bond acceptors (Lipinski definition) is 6. The average molecular weight is 451 g/mol. The van der Waals surface area contributed by atoms with Crippen molar-refractivity contribution in [1.29, 1.82) is 0 Å². The number of piperidine rings is 1. The third-order valence-electron chi connectivity index (χ3n) is 5.89. The predicted octanol–water partition coefficient (Wildman–Crippen LogP) is 2.01. The Morgan fingerprint density at radius 1 is 1.32 bits per heavy atom. The van der Waals surface area contributed by atoms with Crippen LogP contribution < -0.4 is 5.32 Å². The molecule has 1 aromatic carbocycles. The van der Waals surface area contributed by atoms with Crippen LogP contribution in [-0.4, -0.2) is 77.8 Å². The van der Waals surface area contributed by atoms with Gasteiger partial charge in [0.05, 0.1) is 17.0 Å². The van der Waals surface area contributed by atoms with Gasteiger partial charge < -0.3 is 10.2 Å². The van der Waals surface area contributed by atoms with Crippen LogP contribution in [0.4, 0.5) is 0 Å². The summed E-state index contributed by atoms with van der Waals surface area (Å²) in [5.41, 5.74) is 1.29. The summed E-state index contributed by atoms with van der Waals surface area (Å²) in [4.78, 5) is 14.8. The lowest BCUT2D eigenvalue weighted by Gasteiger charge is -2.33. The van der Waals surface area contributed by atoms with Gasteiger partial charge in [0.1, 0.15) is 5.52 Å². The number of benzene rings is 1. The monoisotopic (exact) mass is 450 g/mol. The first-order chi connectivity index (χ1) is 14.7. The van der Waals surface area contributed by atoms with E-state index in [1.54, 1.807) is 10.7 Å². The van der Waals surface area contributed by atoms with Crippen molar-refractivity contribution < 1.29 is 13.2 Å². The zero-order valence-electron chi connectivity index (χ0n) is 18.9. The number of likely N-dealkylation sites (tertiary alicyclic amines) is 1. The first-order valence-corrected chi connectivity index (χ1v) is 12.5. The second-order valence-corrected chi connectivity index (χ2v) is 10.7. The first kappa shape index (κ1) is 23.6. The quantitative estimate of drug-likeness (QED) is 0.587. The number of likely N-dealkylation sites (N-methyl/N-ethyl adjacent to an activating group) is 1. The summed E-state index contributed by atoms with van der Waals surface area (Å²) < 4.78 is 28.6. The highest BCUT2D eigenvalue weighted by molar-refractivity contribution is 7.89. The Labute approximate surface area is 184 Å². The topological polar surface area (TPSA) is 100 Å². The number of aromatic nitrogens is 3. The van der Waals surface area contributed by atoms with Crippen LogP contribution in [0.25, 0.3) is 11.0 Å². The summed E-state index contributed by atoms with van der Waals surface area (Å²) in [5, 5.41) is 11.0. The molecule has 1 fully saturated rings. The standard InChI is InChI=1S/C21H34N6O3S/c1-16(2)27-20-10-9-18(14-19(20)23-24-27)31(29,30)25(4)15-21(28)22-11-7-13-26-12-6-5-8-17(26)3/h9-10,14,16-17H,5-8,11-13,15H2,1-4H3,(H,22,28)/t17-/m1/s1. The highest BCUT2D eigenvalue weighted by Crippen LogP contribution is 2.21. The molecule has 3 rings (SSSR count). The molecule has 2 heterocycles. The SMILES string of the molecule is CC(C)n1nnc2cc(S(=O)(=O)N(C)CC(=O)NCCCN3CCCC[C@H]3C)ccc21. The Morgan fingerprint density at radius 3 is 2.81 bits per heavy atom. The molecular formula is C21H34N6O3S. The molecule has 1 aromatic heterocycles. The minimum absolute atomic E-state index is 0.102. The molecular weight excluding hydrogens is 416 g/mol. The molecule has 0 saturated carbocycles. The van der Waals surface area contributed by atoms with Crippen molar-refractivity contribution in [2.75, 3.05) is 33.2 Å². The van der Waals surface area contributed by atoms with E-state index >= 15 is 0 Å². The van der Waals surface area contributed by atoms with Crippen LogP contribution in [0.3, 0.4) is 0 Å². The molecule has 1 aliphatic rings. The summed E-state index contributed by atoms with van der Waals surface area (Å²) in [7, 11) is -2.39. The first-order valence-electron chi connectivity index (χ1n) is 11.0. The van der Waals surface area contributed by atoms with Crippen molar-refractivity contribution >= 4 is 27.0 Å². The van der Waals surface area contributed by atoms with Gasteiger partial charge in [-0.2, -0.15) is 4.31 Å². The van der Waals surface area contributed by atoms with E-state index in [2.05, 4.69) is 27.5 Å². The maximum absolute atomic E-state index is 12.9. The molecule has 31 heavy (non-hydrogen) atoms. The van der Waals surface area contributed by atoms with Gasteiger partial charge in [-0.25, -0.2) is 13.1 Å². The molecule has 9 nitrogen and oxygen atoms in total. The Hall–Kier alpha value is -2.04. The van der Waals surface area contributed by atoms with Crippen molar-refractivity contribution in [2.45, 2.75) is 63.4 Å². The lowest BCUT2D eigenvalue weighted by Crippen LogP contribution is -2.41. The number of carbonyl (C=O) groups excluding carboxylic acids is 1. The molecule has 172 valence electrons. The van der Waals surface area contributed by atoms with E-state index in [-0.39, 0.29) is 23.4 Å². The fourth-order valence-electron chi connectivity index (χ4n) is 3.99. The lowest BCUT2D eigenvalue weighted by atomic mass is 10.0. The van der Waals surface area contributed by atoms with Gasteiger partial charge in [-0.3, -0.25) is 4.79 Å². The molecule has 2 aromatic rings. The summed E-state index contributed by atoms with van der Waals surface area (Å²) in [6, 6.07) is 5.47. The van der Waals surface area contributed by atoms with Crippen LogP contribution >= 0.6 is 0 Å². The Morgan fingerprint density at radius 2 is 2.10 bits per heavy atom. The summed E-state index contributed by atoms with van der Waals surface area (Å²) >= 11 is 0. The van der Waals surface area contributed by atoms with Gasteiger partial charge in [-0.15, -0.1) is 5.10 Å². The van der Waals surface area contributed by atoms with E-state index in [4.69, 9.17) is 0 Å².